The Balaban J connectivity index is 2.08. The number of benzene rings is 2. The second kappa shape index (κ2) is 8.17. The molecule has 30 heavy (non-hydrogen) atoms. The first-order chi connectivity index (χ1) is 14.2. The fraction of sp³-hybridized carbons (Fsp3) is 0.286. The molecule has 0 aromatic heterocycles. The van der Waals surface area contributed by atoms with Crippen LogP contribution in [0.25, 0.3) is 0 Å². The Kier molecular flexibility index (Phi) is 5.82. The van der Waals surface area contributed by atoms with Crippen molar-refractivity contribution in [3.63, 3.8) is 0 Å². The molecule has 2 amide bonds. The third-order valence-electron chi connectivity index (χ3n) is 4.69. The van der Waals surface area contributed by atoms with Crippen LogP contribution in [0.1, 0.15) is 29.3 Å². The van der Waals surface area contributed by atoms with Crippen LogP contribution < -0.4 is 15.0 Å². The molecule has 0 radical (unpaired) electrons. The van der Waals surface area contributed by atoms with E-state index in [1.165, 1.54) is 25.3 Å². The summed E-state index contributed by atoms with van der Waals surface area (Å²) in [5.74, 6) is -2.05. The van der Waals surface area contributed by atoms with Crippen molar-refractivity contribution in [2.45, 2.75) is 25.2 Å². The summed E-state index contributed by atoms with van der Waals surface area (Å²) in [6.07, 6.45) is -4.66. The summed E-state index contributed by atoms with van der Waals surface area (Å²) in [7, 11) is 1.37. The molecule has 1 aliphatic rings. The van der Waals surface area contributed by atoms with Gasteiger partial charge in [0.2, 0.25) is 0 Å². The molecule has 1 atom stereocenters. The highest BCUT2D eigenvalue weighted by atomic mass is 19.4. The molecule has 0 unspecified atom stereocenters. The number of hydrogen-bond acceptors (Lipinski definition) is 3. The van der Waals surface area contributed by atoms with Gasteiger partial charge in [-0.3, -0.25) is 10.1 Å². The van der Waals surface area contributed by atoms with E-state index in [0.29, 0.717) is 17.7 Å². The molecule has 0 saturated carbocycles. The number of methoxy groups -OCH3 is 1. The normalized spacial score (nSPS) is 18.9. The van der Waals surface area contributed by atoms with Crippen LogP contribution in [0.2, 0.25) is 0 Å². The number of ether oxygens (including phenoxy) is 1. The number of hydrogen-bond donors (Lipinski definition) is 2. The van der Waals surface area contributed by atoms with Gasteiger partial charge in [-0.15, -0.1) is 0 Å². The predicted molar refractivity (Wildman–Crippen MR) is 103 cm³/mol. The van der Waals surface area contributed by atoms with Crippen LogP contribution in [0.5, 0.6) is 5.75 Å². The number of nitrogens with zero attached hydrogens (tertiary/aromatic N) is 1. The zero-order valence-corrected chi connectivity index (χ0v) is 16.4. The van der Waals surface area contributed by atoms with Gasteiger partial charge in [0.1, 0.15) is 5.75 Å². The number of carbonyl (C=O) groups is 2. The van der Waals surface area contributed by atoms with Gasteiger partial charge in [0, 0.05) is 5.56 Å². The number of rotatable bonds is 6. The molecule has 2 N–H and O–H groups in total. The molecule has 0 aliphatic carbocycles. The Morgan fingerprint density at radius 3 is 2.47 bits per heavy atom. The maximum Gasteiger partial charge on any atom is 0.465 e. The molecule has 0 saturated heterocycles. The fourth-order valence-electron chi connectivity index (χ4n) is 3.22. The number of alkyl halides is 3. The minimum absolute atomic E-state index is 0.00860. The number of halogens is 3. The quantitative estimate of drug-likeness (QED) is 0.744. The minimum atomic E-state index is -5.10. The SMILES string of the molecule is CCCN1C(=O)[C@@](NC(=O)c2cccc(OC)c2)(C(F)(F)F)[NH+]=C1c1ccccc1. The van der Waals surface area contributed by atoms with E-state index in [-0.39, 0.29) is 17.9 Å². The zero-order chi connectivity index (χ0) is 21.9. The van der Waals surface area contributed by atoms with E-state index in [1.54, 1.807) is 43.3 Å². The Bertz CT molecular complexity index is 976. The van der Waals surface area contributed by atoms with Gasteiger partial charge in [-0.1, -0.05) is 31.2 Å². The van der Waals surface area contributed by atoms with Crippen LogP contribution in [0.3, 0.4) is 0 Å². The third-order valence-corrected chi connectivity index (χ3v) is 4.69. The van der Waals surface area contributed by atoms with Crippen molar-refractivity contribution < 1.29 is 32.5 Å². The lowest BCUT2D eigenvalue weighted by Gasteiger charge is -2.25. The topological polar surface area (TPSA) is 72.6 Å². The van der Waals surface area contributed by atoms with Gasteiger partial charge < -0.3 is 4.74 Å². The number of amidine groups is 1. The van der Waals surface area contributed by atoms with Gasteiger partial charge in [0.25, 0.3) is 11.7 Å². The highest BCUT2D eigenvalue weighted by Crippen LogP contribution is 2.30. The Morgan fingerprint density at radius 2 is 1.87 bits per heavy atom. The summed E-state index contributed by atoms with van der Waals surface area (Å²) >= 11 is 0. The van der Waals surface area contributed by atoms with Gasteiger partial charge in [-0.2, -0.15) is 18.1 Å². The van der Waals surface area contributed by atoms with E-state index in [2.05, 4.69) is 4.99 Å². The van der Waals surface area contributed by atoms with Crippen LogP contribution in [0.15, 0.2) is 54.6 Å². The molecule has 2 aromatic rings. The third kappa shape index (κ3) is 3.74. The lowest BCUT2D eigenvalue weighted by Crippen LogP contribution is -2.96. The zero-order valence-electron chi connectivity index (χ0n) is 16.4. The van der Waals surface area contributed by atoms with Crippen molar-refractivity contribution in [3.8, 4) is 5.75 Å². The largest absolute Gasteiger partial charge is 0.497 e. The van der Waals surface area contributed by atoms with Crippen molar-refractivity contribution in [2.75, 3.05) is 13.7 Å². The average Bonchev–Trinajstić information content (AvgIpc) is 3.02. The maximum absolute atomic E-state index is 14.2. The molecular weight excluding hydrogens is 399 g/mol. The summed E-state index contributed by atoms with van der Waals surface area (Å²) in [4.78, 5) is 29.0. The first kappa shape index (κ1) is 21.4. The van der Waals surface area contributed by atoms with Gasteiger partial charge in [0.15, 0.2) is 0 Å². The molecule has 1 aliphatic heterocycles. The van der Waals surface area contributed by atoms with Crippen molar-refractivity contribution in [1.29, 1.82) is 0 Å². The standard InChI is InChI=1S/C21H20F3N3O3/c1-3-12-27-17(14-8-5-4-6-9-14)25-20(19(27)29,21(22,23)24)26-18(28)15-10-7-11-16(13-15)30-2/h4-11,13H,3,12H2,1-2H3,(H,26,28)/p+1/t20-/m1/s1. The van der Waals surface area contributed by atoms with E-state index in [9.17, 15) is 22.8 Å². The highest BCUT2D eigenvalue weighted by molar-refractivity contribution is 6.11. The Morgan fingerprint density at radius 1 is 1.17 bits per heavy atom. The summed E-state index contributed by atoms with van der Waals surface area (Å²) in [5.41, 5.74) is -2.95. The average molecular weight is 420 g/mol. The number of nitrogens with one attached hydrogen (secondary N) is 2. The molecule has 1 heterocycles. The van der Waals surface area contributed by atoms with E-state index in [0.717, 1.165) is 4.90 Å². The molecule has 3 rings (SSSR count). The van der Waals surface area contributed by atoms with Crippen LogP contribution in [0.4, 0.5) is 13.2 Å². The highest BCUT2D eigenvalue weighted by Gasteiger charge is 2.72. The predicted octanol–water partition coefficient (Wildman–Crippen LogP) is 1.46. The van der Waals surface area contributed by atoms with Crippen LogP contribution in [-0.2, 0) is 4.79 Å². The molecule has 0 bridgehead atoms. The number of amides is 2. The molecule has 2 aromatic carbocycles. The summed E-state index contributed by atoms with van der Waals surface area (Å²) in [6.45, 7) is 1.81. The van der Waals surface area contributed by atoms with E-state index < -0.39 is 23.7 Å². The first-order valence-electron chi connectivity index (χ1n) is 9.29. The van der Waals surface area contributed by atoms with Crippen LogP contribution in [-0.4, -0.2) is 48.0 Å². The molecule has 0 spiro atoms. The molecule has 0 fully saturated rings. The maximum atomic E-state index is 14.2. The van der Waals surface area contributed by atoms with Gasteiger partial charge in [0.05, 0.1) is 19.2 Å². The van der Waals surface area contributed by atoms with Crippen molar-refractivity contribution >= 4 is 17.6 Å². The van der Waals surface area contributed by atoms with Crippen molar-refractivity contribution in [2.24, 2.45) is 0 Å². The molecule has 158 valence electrons. The molecule has 6 nitrogen and oxygen atoms in total. The van der Waals surface area contributed by atoms with Crippen LogP contribution >= 0.6 is 0 Å². The minimum Gasteiger partial charge on any atom is -0.497 e. The second-order valence-corrected chi connectivity index (χ2v) is 6.73. The lowest BCUT2D eigenvalue weighted by molar-refractivity contribution is -0.580. The lowest BCUT2D eigenvalue weighted by atomic mass is 10.1. The Hall–Kier alpha value is -3.36. The van der Waals surface area contributed by atoms with Crippen LogP contribution in [0, 0.1) is 0 Å². The van der Waals surface area contributed by atoms with Gasteiger partial charge >= 0.3 is 17.7 Å². The summed E-state index contributed by atoms with van der Waals surface area (Å²) in [6, 6.07) is 13.9. The van der Waals surface area contributed by atoms with Crippen molar-refractivity contribution in [1.82, 2.24) is 10.2 Å². The molecular formula is C21H21F3N3O3+. The van der Waals surface area contributed by atoms with Crippen molar-refractivity contribution in [3.05, 3.63) is 65.7 Å². The first-order valence-corrected chi connectivity index (χ1v) is 9.29. The van der Waals surface area contributed by atoms with E-state index in [1.807, 2.05) is 5.32 Å². The Labute approximate surface area is 171 Å². The monoisotopic (exact) mass is 420 g/mol. The number of carbonyl (C=O) groups excluding carboxylic acids is 2. The van der Waals surface area contributed by atoms with Gasteiger partial charge in [-0.05, 0) is 36.8 Å². The second-order valence-electron chi connectivity index (χ2n) is 6.73. The summed E-state index contributed by atoms with van der Waals surface area (Å²) in [5, 5.41) is 1.90. The van der Waals surface area contributed by atoms with Gasteiger partial charge in [-0.25, -0.2) is 9.79 Å². The van der Waals surface area contributed by atoms with E-state index >= 15 is 0 Å². The smallest absolute Gasteiger partial charge is 0.465 e. The molecule has 9 heteroatoms. The summed E-state index contributed by atoms with van der Waals surface area (Å²) < 4.78 is 47.7. The fourth-order valence-corrected chi connectivity index (χ4v) is 3.22. The van der Waals surface area contributed by atoms with E-state index in [4.69, 9.17) is 4.74 Å².